The van der Waals surface area contributed by atoms with E-state index in [1.165, 1.54) is 4.90 Å². The van der Waals surface area contributed by atoms with Gasteiger partial charge in [-0.05, 0) is 30.2 Å². The van der Waals surface area contributed by atoms with E-state index in [4.69, 9.17) is 0 Å². The first-order chi connectivity index (χ1) is 11.6. The summed E-state index contributed by atoms with van der Waals surface area (Å²) < 4.78 is 0. The summed E-state index contributed by atoms with van der Waals surface area (Å²) in [5, 5.41) is 11.3. The summed E-state index contributed by atoms with van der Waals surface area (Å²) in [5.74, 6) is -0.221. The summed E-state index contributed by atoms with van der Waals surface area (Å²) in [6, 6.07) is 10.8. The van der Waals surface area contributed by atoms with Crippen molar-refractivity contribution in [2.24, 2.45) is 0 Å². The van der Waals surface area contributed by atoms with E-state index < -0.39 is 6.23 Å². The SMILES string of the molecule is Cc1cc(CN2C(=O)c3ccccc3C2O)c(C=O)c2cc[nH]c12. The van der Waals surface area contributed by atoms with E-state index in [1.54, 1.807) is 30.5 Å². The highest BCUT2D eigenvalue weighted by molar-refractivity contribution is 6.01. The summed E-state index contributed by atoms with van der Waals surface area (Å²) in [6.07, 6.45) is 1.61. The molecule has 2 heterocycles. The molecule has 0 saturated carbocycles. The Balaban J connectivity index is 1.78. The van der Waals surface area contributed by atoms with Crippen LogP contribution in [0.25, 0.3) is 10.9 Å². The molecule has 1 atom stereocenters. The molecule has 2 N–H and O–H groups in total. The molecular formula is C19H16N2O3. The molecule has 1 amide bonds. The fraction of sp³-hybridized carbons (Fsp3) is 0.158. The lowest BCUT2D eigenvalue weighted by atomic mass is 10.00. The summed E-state index contributed by atoms with van der Waals surface area (Å²) >= 11 is 0. The molecule has 3 aromatic rings. The standard InChI is InChI=1S/C19H16N2O3/c1-11-8-12(16(10-22)13-6-7-20-17(11)13)9-21-18(23)14-4-2-3-5-15(14)19(21)24/h2-8,10,18,20,23H,9H2,1H3. The van der Waals surface area contributed by atoms with Gasteiger partial charge in [-0.2, -0.15) is 0 Å². The minimum Gasteiger partial charge on any atom is -0.369 e. The van der Waals surface area contributed by atoms with Crippen LogP contribution in [-0.4, -0.2) is 27.2 Å². The number of nitrogens with zero attached hydrogens (tertiary/aromatic N) is 1. The molecular weight excluding hydrogens is 304 g/mol. The Labute approximate surface area is 138 Å². The number of carbonyl (C=O) groups is 2. The van der Waals surface area contributed by atoms with E-state index >= 15 is 0 Å². The zero-order valence-corrected chi connectivity index (χ0v) is 13.1. The summed E-state index contributed by atoms with van der Waals surface area (Å²) in [6.45, 7) is 2.14. The molecule has 1 unspecified atom stereocenters. The molecule has 24 heavy (non-hydrogen) atoms. The van der Waals surface area contributed by atoms with Crippen molar-refractivity contribution in [1.29, 1.82) is 0 Å². The van der Waals surface area contributed by atoms with Crippen LogP contribution < -0.4 is 0 Å². The second kappa shape index (κ2) is 5.32. The number of fused-ring (bicyclic) bond motifs is 2. The van der Waals surface area contributed by atoms with E-state index in [1.807, 2.05) is 19.1 Å². The highest BCUT2D eigenvalue weighted by Crippen LogP contribution is 2.34. The zero-order chi connectivity index (χ0) is 16.8. The molecule has 1 aromatic heterocycles. The van der Waals surface area contributed by atoms with Crippen molar-refractivity contribution >= 4 is 23.1 Å². The lowest BCUT2D eigenvalue weighted by Gasteiger charge is -2.22. The number of nitrogens with one attached hydrogen (secondary N) is 1. The van der Waals surface area contributed by atoms with Gasteiger partial charge in [0.05, 0.1) is 0 Å². The first-order valence-electron chi connectivity index (χ1n) is 7.74. The maximum absolute atomic E-state index is 12.6. The topological polar surface area (TPSA) is 73.4 Å². The number of H-pyrrole nitrogens is 1. The molecule has 0 saturated heterocycles. The number of aliphatic hydroxyl groups is 1. The number of rotatable bonds is 3. The lowest BCUT2D eigenvalue weighted by Crippen LogP contribution is -2.28. The van der Waals surface area contributed by atoms with Gasteiger partial charge in [-0.3, -0.25) is 9.59 Å². The molecule has 1 aliphatic rings. The molecule has 0 bridgehead atoms. The van der Waals surface area contributed by atoms with Gasteiger partial charge in [0.1, 0.15) is 0 Å². The van der Waals surface area contributed by atoms with E-state index in [-0.39, 0.29) is 12.5 Å². The maximum Gasteiger partial charge on any atom is 0.256 e. The van der Waals surface area contributed by atoms with Crippen molar-refractivity contribution in [2.45, 2.75) is 19.7 Å². The molecule has 5 heteroatoms. The van der Waals surface area contributed by atoms with Crippen molar-refractivity contribution in [2.75, 3.05) is 0 Å². The van der Waals surface area contributed by atoms with Gasteiger partial charge in [0.15, 0.2) is 12.5 Å². The number of hydrogen-bond acceptors (Lipinski definition) is 3. The van der Waals surface area contributed by atoms with Gasteiger partial charge >= 0.3 is 0 Å². The Kier molecular flexibility index (Phi) is 3.25. The third-order valence-electron chi connectivity index (χ3n) is 4.65. The van der Waals surface area contributed by atoms with E-state index in [0.717, 1.165) is 28.3 Å². The predicted octanol–water partition coefficient (Wildman–Crippen LogP) is 2.94. The number of aldehydes is 1. The van der Waals surface area contributed by atoms with Gasteiger partial charge in [-0.25, -0.2) is 0 Å². The van der Waals surface area contributed by atoms with Crippen LogP contribution in [0.2, 0.25) is 0 Å². The highest BCUT2D eigenvalue weighted by atomic mass is 16.3. The van der Waals surface area contributed by atoms with E-state index in [2.05, 4.69) is 4.98 Å². The number of aliphatic hydroxyl groups excluding tert-OH is 1. The Morgan fingerprint density at radius 2 is 2.08 bits per heavy atom. The van der Waals surface area contributed by atoms with Crippen molar-refractivity contribution < 1.29 is 14.7 Å². The fourth-order valence-electron chi connectivity index (χ4n) is 3.47. The van der Waals surface area contributed by atoms with Crippen molar-refractivity contribution in [3.63, 3.8) is 0 Å². The van der Waals surface area contributed by atoms with Crippen LogP contribution in [0.1, 0.15) is 43.6 Å². The zero-order valence-electron chi connectivity index (χ0n) is 13.1. The molecule has 0 radical (unpaired) electrons. The molecule has 0 fully saturated rings. The molecule has 4 rings (SSSR count). The molecule has 1 aliphatic heterocycles. The first-order valence-corrected chi connectivity index (χ1v) is 7.74. The monoisotopic (exact) mass is 320 g/mol. The van der Waals surface area contributed by atoms with Gasteiger partial charge in [-0.1, -0.05) is 24.3 Å². The van der Waals surface area contributed by atoms with Gasteiger partial charge < -0.3 is 15.0 Å². The minimum absolute atomic E-state index is 0.185. The van der Waals surface area contributed by atoms with E-state index in [9.17, 15) is 14.7 Å². The van der Waals surface area contributed by atoms with Crippen LogP contribution in [0, 0.1) is 6.92 Å². The van der Waals surface area contributed by atoms with Gasteiger partial charge in [0.25, 0.3) is 5.91 Å². The van der Waals surface area contributed by atoms with Crippen LogP contribution in [-0.2, 0) is 6.54 Å². The first kappa shape index (κ1) is 14.7. The minimum atomic E-state index is -0.990. The normalized spacial score (nSPS) is 16.7. The van der Waals surface area contributed by atoms with Crippen LogP contribution in [0.5, 0.6) is 0 Å². The molecule has 120 valence electrons. The summed E-state index contributed by atoms with van der Waals surface area (Å²) in [4.78, 5) is 28.7. The van der Waals surface area contributed by atoms with Crippen LogP contribution in [0.15, 0.2) is 42.6 Å². The smallest absolute Gasteiger partial charge is 0.256 e. The number of aromatic nitrogens is 1. The molecule has 5 nitrogen and oxygen atoms in total. The number of hydrogen-bond donors (Lipinski definition) is 2. The van der Waals surface area contributed by atoms with Crippen molar-refractivity contribution in [3.8, 4) is 0 Å². The van der Waals surface area contributed by atoms with Gasteiger partial charge in [0, 0.05) is 40.3 Å². The number of benzene rings is 2. The second-order valence-corrected chi connectivity index (χ2v) is 6.04. The van der Waals surface area contributed by atoms with Crippen LogP contribution in [0.3, 0.4) is 0 Å². The highest BCUT2D eigenvalue weighted by Gasteiger charge is 2.35. The molecule has 0 aliphatic carbocycles. The second-order valence-electron chi connectivity index (χ2n) is 6.04. The van der Waals surface area contributed by atoms with Gasteiger partial charge in [0.2, 0.25) is 0 Å². The average molecular weight is 320 g/mol. The van der Waals surface area contributed by atoms with Crippen LogP contribution in [0.4, 0.5) is 0 Å². The Bertz CT molecular complexity index is 974. The summed E-state index contributed by atoms with van der Waals surface area (Å²) in [5.41, 5.74) is 4.31. The predicted molar refractivity (Wildman–Crippen MR) is 89.7 cm³/mol. The Morgan fingerprint density at radius 3 is 2.83 bits per heavy atom. The Morgan fingerprint density at radius 1 is 1.29 bits per heavy atom. The molecule has 2 aromatic carbocycles. The number of amides is 1. The molecule has 0 spiro atoms. The average Bonchev–Trinajstić information content (AvgIpc) is 3.16. The Hall–Kier alpha value is -2.92. The van der Waals surface area contributed by atoms with Crippen LogP contribution >= 0.6 is 0 Å². The summed E-state index contributed by atoms with van der Waals surface area (Å²) in [7, 11) is 0. The third kappa shape index (κ3) is 1.98. The number of carbonyl (C=O) groups excluding carboxylic acids is 2. The fourth-order valence-corrected chi connectivity index (χ4v) is 3.47. The quantitative estimate of drug-likeness (QED) is 0.729. The van der Waals surface area contributed by atoms with Gasteiger partial charge in [-0.15, -0.1) is 0 Å². The number of aromatic amines is 1. The lowest BCUT2D eigenvalue weighted by molar-refractivity contribution is 0.0136. The maximum atomic E-state index is 12.6. The van der Waals surface area contributed by atoms with Crippen molar-refractivity contribution in [3.05, 3.63) is 70.4 Å². The van der Waals surface area contributed by atoms with E-state index in [0.29, 0.717) is 16.7 Å². The third-order valence-corrected chi connectivity index (χ3v) is 4.65. The van der Waals surface area contributed by atoms with Crippen molar-refractivity contribution in [1.82, 2.24) is 9.88 Å². The largest absolute Gasteiger partial charge is 0.369 e. The number of aryl methyl sites for hydroxylation is 1.